The van der Waals surface area contributed by atoms with Crippen molar-refractivity contribution in [2.45, 2.75) is 25.1 Å². The number of aliphatic hydroxyl groups excluding tert-OH is 1. The fraction of sp³-hybridized carbons (Fsp3) is 0.538. The summed E-state index contributed by atoms with van der Waals surface area (Å²) in [5.41, 5.74) is 1.14. The molecule has 94 valence electrons. The van der Waals surface area contributed by atoms with Gasteiger partial charge in [-0.25, -0.2) is 0 Å². The van der Waals surface area contributed by atoms with Crippen molar-refractivity contribution in [1.29, 1.82) is 0 Å². The van der Waals surface area contributed by atoms with Crippen LogP contribution in [0.4, 0.5) is 0 Å². The quantitative estimate of drug-likeness (QED) is 0.823. The third-order valence-electron chi connectivity index (χ3n) is 3.11. The average molecular weight is 237 g/mol. The molecule has 0 aliphatic carbocycles. The standard InChI is InChI=1S/C13H19NO3/c1-9(14-12-7-17-8-13(12)15)10-4-3-5-11(6-10)16-2/h3-6,9,12-15H,7-8H2,1-2H3/t9-,12?,13?/m0/s1. The Morgan fingerprint density at radius 2 is 2.29 bits per heavy atom. The number of aliphatic hydroxyl groups is 1. The SMILES string of the molecule is COc1cccc([C@H](C)NC2COCC2O)c1. The first kappa shape index (κ1) is 12.4. The smallest absolute Gasteiger partial charge is 0.119 e. The van der Waals surface area contributed by atoms with Gasteiger partial charge in [0, 0.05) is 6.04 Å². The number of methoxy groups -OCH3 is 1. The maximum absolute atomic E-state index is 9.67. The number of ether oxygens (including phenoxy) is 2. The normalized spacial score (nSPS) is 25.8. The van der Waals surface area contributed by atoms with Gasteiger partial charge in [0.05, 0.1) is 32.5 Å². The van der Waals surface area contributed by atoms with Gasteiger partial charge in [0.2, 0.25) is 0 Å². The topological polar surface area (TPSA) is 50.7 Å². The third kappa shape index (κ3) is 2.97. The Labute approximate surface area is 102 Å². The molecule has 0 amide bonds. The van der Waals surface area contributed by atoms with E-state index in [0.717, 1.165) is 11.3 Å². The largest absolute Gasteiger partial charge is 0.497 e. The minimum absolute atomic E-state index is 0.0104. The molecule has 4 nitrogen and oxygen atoms in total. The molecule has 0 saturated carbocycles. The highest BCUT2D eigenvalue weighted by Crippen LogP contribution is 2.20. The molecule has 1 aliphatic rings. The summed E-state index contributed by atoms with van der Waals surface area (Å²) in [4.78, 5) is 0. The van der Waals surface area contributed by atoms with Crippen molar-refractivity contribution in [2.24, 2.45) is 0 Å². The van der Waals surface area contributed by atoms with E-state index in [9.17, 15) is 5.11 Å². The molecule has 1 fully saturated rings. The van der Waals surface area contributed by atoms with Crippen LogP contribution in [0.5, 0.6) is 5.75 Å². The number of nitrogens with one attached hydrogen (secondary N) is 1. The second-order valence-electron chi connectivity index (χ2n) is 4.38. The van der Waals surface area contributed by atoms with Gasteiger partial charge in [0.1, 0.15) is 5.75 Å². The third-order valence-corrected chi connectivity index (χ3v) is 3.11. The molecule has 1 aromatic rings. The molecule has 4 heteroatoms. The summed E-state index contributed by atoms with van der Waals surface area (Å²) in [6.45, 7) is 3.05. The zero-order valence-corrected chi connectivity index (χ0v) is 10.2. The van der Waals surface area contributed by atoms with Crippen LogP contribution in [-0.4, -0.2) is 37.6 Å². The molecule has 0 spiro atoms. The number of hydrogen-bond acceptors (Lipinski definition) is 4. The molecule has 0 bridgehead atoms. The van der Waals surface area contributed by atoms with Crippen LogP contribution < -0.4 is 10.1 Å². The summed E-state index contributed by atoms with van der Waals surface area (Å²) >= 11 is 0. The summed E-state index contributed by atoms with van der Waals surface area (Å²) in [6.07, 6.45) is -0.414. The molecule has 2 N–H and O–H groups in total. The Hall–Kier alpha value is -1.10. The van der Waals surface area contributed by atoms with Crippen molar-refractivity contribution in [3.8, 4) is 5.75 Å². The van der Waals surface area contributed by atoms with Crippen molar-refractivity contribution in [3.63, 3.8) is 0 Å². The lowest BCUT2D eigenvalue weighted by molar-refractivity contribution is 0.121. The molecule has 0 aromatic heterocycles. The van der Waals surface area contributed by atoms with E-state index in [1.807, 2.05) is 24.3 Å². The second-order valence-corrected chi connectivity index (χ2v) is 4.38. The first-order chi connectivity index (χ1) is 8.20. The Kier molecular flexibility index (Phi) is 3.99. The first-order valence-corrected chi connectivity index (χ1v) is 5.86. The molecule has 3 atom stereocenters. The van der Waals surface area contributed by atoms with Crippen LogP contribution in [0.3, 0.4) is 0 Å². The summed E-state index contributed by atoms with van der Waals surface area (Å²) in [6, 6.07) is 8.10. The van der Waals surface area contributed by atoms with Gasteiger partial charge < -0.3 is 19.9 Å². The predicted molar refractivity (Wildman–Crippen MR) is 65.2 cm³/mol. The lowest BCUT2D eigenvalue weighted by Crippen LogP contribution is -2.40. The van der Waals surface area contributed by atoms with Gasteiger partial charge >= 0.3 is 0 Å². The highest BCUT2D eigenvalue weighted by molar-refractivity contribution is 5.30. The van der Waals surface area contributed by atoms with Crippen molar-refractivity contribution in [3.05, 3.63) is 29.8 Å². The van der Waals surface area contributed by atoms with E-state index < -0.39 is 6.10 Å². The van der Waals surface area contributed by atoms with Gasteiger partial charge in [0.15, 0.2) is 0 Å². The zero-order valence-electron chi connectivity index (χ0n) is 10.2. The van der Waals surface area contributed by atoms with Crippen molar-refractivity contribution in [1.82, 2.24) is 5.32 Å². The molecular formula is C13H19NO3. The van der Waals surface area contributed by atoms with Crippen LogP contribution in [0.1, 0.15) is 18.5 Å². The lowest BCUT2D eigenvalue weighted by Gasteiger charge is -2.21. The van der Waals surface area contributed by atoms with Crippen LogP contribution >= 0.6 is 0 Å². The monoisotopic (exact) mass is 237 g/mol. The highest BCUT2D eigenvalue weighted by Gasteiger charge is 2.27. The van der Waals surface area contributed by atoms with E-state index in [1.54, 1.807) is 7.11 Å². The van der Waals surface area contributed by atoms with Crippen LogP contribution in [0.2, 0.25) is 0 Å². The van der Waals surface area contributed by atoms with Gasteiger partial charge in [-0.15, -0.1) is 0 Å². The van der Waals surface area contributed by atoms with Crippen LogP contribution in [-0.2, 0) is 4.74 Å². The number of rotatable bonds is 4. The molecule has 2 rings (SSSR count). The van der Waals surface area contributed by atoms with Crippen molar-refractivity contribution in [2.75, 3.05) is 20.3 Å². The maximum Gasteiger partial charge on any atom is 0.119 e. The first-order valence-electron chi connectivity index (χ1n) is 5.86. The average Bonchev–Trinajstić information content (AvgIpc) is 2.75. The summed E-state index contributed by atoms with van der Waals surface area (Å²) in [5, 5.41) is 13.0. The Morgan fingerprint density at radius 1 is 1.47 bits per heavy atom. The van der Waals surface area contributed by atoms with E-state index in [1.165, 1.54) is 0 Å². The van der Waals surface area contributed by atoms with E-state index in [4.69, 9.17) is 9.47 Å². The number of hydrogen-bond donors (Lipinski definition) is 2. The van der Waals surface area contributed by atoms with Crippen molar-refractivity contribution >= 4 is 0 Å². The Balaban J connectivity index is 2.00. The molecule has 0 radical (unpaired) electrons. The fourth-order valence-corrected chi connectivity index (χ4v) is 2.03. The molecule has 17 heavy (non-hydrogen) atoms. The zero-order chi connectivity index (χ0) is 12.3. The minimum atomic E-state index is -0.414. The molecule has 1 aromatic carbocycles. The van der Waals surface area contributed by atoms with Gasteiger partial charge in [-0.05, 0) is 24.6 Å². The fourth-order valence-electron chi connectivity index (χ4n) is 2.03. The second kappa shape index (κ2) is 5.49. The van der Waals surface area contributed by atoms with E-state index in [2.05, 4.69) is 12.2 Å². The lowest BCUT2D eigenvalue weighted by atomic mass is 10.1. The van der Waals surface area contributed by atoms with Gasteiger partial charge in [-0.2, -0.15) is 0 Å². The van der Waals surface area contributed by atoms with E-state index >= 15 is 0 Å². The Bertz CT molecular complexity index is 369. The summed E-state index contributed by atoms with van der Waals surface area (Å²) in [5.74, 6) is 0.847. The molecule has 2 unspecified atom stereocenters. The van der Waals surface area contributed by atoms with Crippen LogP contribution in [0.25, 0.3) is 0 Å². The van der Waals surface area contributed by atoms with Gasteiger partial charge in [-0.1, -0.05) is 12.1 Å². The number of benzene rings is 1. The molecular weight excluding hydrogens is 218 g/mol. The maximum atomic E-state index is 9.67. The van der Waals surface area contributed by atoms with E-state index in [0.29, 0.717) is 13.2 Å². The minimum Gasteiger partial charge on any atom is -0.497 e. The molecule has 1 heterocycles. The molecule has 1 saturated heterocycles. The van der Waals surface area contributed by atoms with Crippen molar-refractivity contribution < 1.29 is 14.6 Å². The van der Waals surface area contributed by atoms with Crippen LogP contribution in [0, 0.1) is 0 Å². The van der Waals surface area contributed by atoms with Crippen LogP contribution in [0.15, 0.2) is 24.3 Å². The summed E-state index contributed by atoms with van der Waals surface area (Å²) in [7, 11) is 1.66. The highest BCUT2D eigenvalue weighted by atomic mass is 16.5. The molecule has 1 aliphatic heterocycles. The van der Waals surface area contributed by atoms with Gasteiger partial charge in [0.25, 0.3) is 0 Å². The van der Waals surface area contributed by atoms with E-state index in [-0.39, 0.29) is 12.1 Å². The van der Waals surface area contributed by atoms with Gasteiger partial charge in [-0.3, -0.25) is 0 Å². The Morgan fingerprint density at radius 3 is 2.94 bits per heavy atom. The predicted octanol–water partition coefficient (Wildman–Crippen LogP) is 1.11. The summed E-state index contributed by atoms with van der Waals surface area (Å²) < 4.78 is 10.4.